The first-order valence-electron chi connectivity index (χ1n) is 3.51. The van der Waals surface area contributed by atoms with Gasteiger partial charge in [-0.2, -0.15) is 0 Å². The van der Waals surface area contributed by atoms with E-state index in [0.717, 1.165) is 6.07 Å². The van der Waals surface area contributed by atoms with E-state index >= 15 is 0 Å². The van der Waals surface area contributed by atoms with Crippen LogP contribution >= 0.6 is 23.2 Å². The van der Waals surface area contributed by atoms with E-state index in [1.54, 1.807) is 0 Å². The summed E-state index contributed by atoms with van der Waals surface area (Å²) in [5, 5.41) is 10.8. The van der Waals surface area contributed by atoms with Crippen molar-refractivity contribution < 1.29 is 14.3 Å². The van der Waals surface area contributed by atoms with E-state index in [2.05, 4.69) is 5.16 Å². The Hall–Kier alpha value is -1.00. The largest absolute Gasteiger partial charge is 0.496 e. The molecule has 0 fully saturated rings. The van der Waals surface area contributed by atoms with Gasteiger partial charge in [0, 0.05) is 6.07 Å². The minimum atomic E-state index is -0.663. The first kappa shape index (κ1) is 11.1. The third-order valence-electron chi connectivity index (χ3n) is 1.55. The highest BCUT2D eigenvalue weighted by Crippen LogP contribution is 2.27. The number of methoxy groups -OCH3 is 1. The maximum absolute atomic E-state index is 13.0. The number of halogens is 3. The number of hydrogen-bond acceptors (Lipinski definition) is 3. The van der Waals surface area contributed by atoms with Gasteiger partial charge in [0.1, 0.15) is 11.6 Å². The third-order valence-corrected chi connectivity index (χ3v) is 2.12. The van der Waals surface area contributed by atoms with Crippen molar-refractivity contribution in [2.45, 2.75) is 0 Å². The highest BCUT2D eigenvalue weighted by molar-refractivity contribution is 6.69. The van der Waals surface area contributed by atoms with Crippen molar-refractivity contribution >= 4 is 28.4 Å². The normalized spacial score (nSPS) is 11.6. The number of ether oxygens (including phenoxy) is 1. The number of rotatable bonds is 2. The van der Waals surface area contributed by atoms with Crippen LogP contribution in [0.5, 0.6) is 5.75 Å². The zero-order valence-electron chi connectivity index (χ0n) is 7.09. The topological polar surface area (TPSA) is 41.8 Å². The Morgan fingerprint density at radius 3 is 2.71 bits per heavy atom. The van der Waals surface area contributed by atoms with Gasteiger partial charge in [0.15, 0.2) is 5.17 Å². The van der Waals surface area contributed by atoms with E-state index in [0.29, 0.717) is 0 Å². The first-order valence-corrected chi connectivity index (χ1v) is 4.26. The van der Waals surface area contributed by atoms with Crippen molar-refractivity contribution in [3.8, 4) is 5.75 Å². The van der Waals surface area contributed by atoms with Crippen molar-refractivity contribution in [1.82, 2.24) is 0 Å². The van der Waals surface area contributed by atoms with E-state index in [1.807, 2.05) is 0 Å². The molecule has 0 heterocycles. The quantitative estimate of drug-likeness (QED) is 0.489. The smallest absolute Gasteiger partial charge is 0.179 e. The summed E-state index contributed by atoms with van der Waals surface area (Å²) in [5.41, 5.74) is 0.138. The Morgan fingerprint density at radius 1 is 1.57 bits per heavy atom. The van der Waals surface area contributed by atoms with Crippen LogP contribution in [0.1, 0.15) is 5.56 Å². The van der Waals surface area contributed by atoms with Crippen LogP contribution in [0.3, 0.4) is 0 Å². The molecule has 0 atom stereocenters. The molecule has 0 saturated heterocycles. The summed E-state index contributed by atoms with van der Waals surface area (Å²) >= 11 is 11.0. The average Bonchev–Trinajstić information content (AvgIpc) is 2.20. The molecule has 3 nitrogen and oxygen atoms in total. The van der Waals surface area contributed by atoms with Crippen LogP contribution in [0, 0.1) is 5.82 Å². The molecule has 0 aromatic heterocycles. The number of nitrogens with zero attached hydrogens (tertiary/aromatic N) is 1. The van der Waals surface area contributed by atoms with E-state index in [-0.39, 0.29) is 21.5 Å². The third kappa shape index (κ3) is 2.08. The Balaban J connectivity index is 3.34. The number of hydrogen-bond donors (Lipinski definition) is 1. The van der Waals surface area contributed by atoms with Crippen LogP contribution in [0.4, 0.5) is 4.39 Å². The summed E-state index contributed by atoms with van der Waals surface area (Å²) in [5.74, 6) is -0.427. The summed E-state index contributed by atoms with van der Waals surface area (Å²) in [6.45, 7) is 0. The monoisotopic (exact) mass is 237 g/mol. The van der Waals surface area contributed by atoms with Crippen molar-refractivity contribution in [3.63, 3.8) is 0 Å². The van der Waals surface area contributed by atoms with E-state index in [1.165, 1.54) is 13.2 Å². The lowest BCUT2D eigenvalue weighted by molar-refractivity contribution is 0.320. The molecule has 0 aliphatic carbocycles. The van der Waals surface area contributed by atoms with Gasteiger partial charge in [-0.1, -0.05) is 28.4 Å². The molecule has 6 heteroatoms. The van der Waals surface area contributed by atoms with Gasteiger partial charge in [0.25, 0.3) is 0 Å². The molecule has 0 bridgehead atoms. The van der Waals surface area contributed by atoms with Gasteiger partial charge < -0.3 is 9.94 Å². The summed E-state index contributed by atoms with van der Waals surface area (Å²) in [6, 6.07) is 2.28. The zero-order valence-corrected chi connectivity index (χ0v) is 8.60. The minimum absolute atomic E-state index is 0.0898. The molecule has 14 heavy (non-hydrogen) atoms. The Morgan fingerprint density at radius 2 is 2.21 bits per heavy atom. The van der Waals surface area contributed by atoms with E-state index in [4.69, 9.17) is 33.1 Å². The molecule has 1 aromatic rings. The Bertz CT molecular complexity index is 382. The molecule has 0 aliphatic rings. The number of oxime groups is 1. The predicted molar refractivity (Wildman–Crippen MR) is 52.1 cm³/mol. The molecular weight excluding hydrogens is 232 g/mol. The lowest BCUT2D eigenvalue weighted by atomic mass is 10.2. The fourth-order valence-electron chi connectivity index (χ4n) is 0.913. The maximum Gasteiger partial charge on any atom is 0.179 e. The molecule has 0 radical (unpaired) electrons. The molecule has 0 spiro atoms. The van der Waals surface area contributed by atoms with Crippen LogP contribution < -0.4 is 4.74 Å². The molecule has 1 rings (SSSR count). The lowest BCUT2D eigenvalue weighted by Gasteiger charge is -2.06. The van der Waals surface area contributed by atoms with Crippen LogP contribution in [-0.2, 0) is 0 Å². The van der Waals surface area contributed by atoms with Gasteiger partial charge in [-0.3, -0.25) is 0 Å². The standard InChI is InChI=1S/C8H6Cl2FNO2/c1-14-7-3-5(9)6(11)2-4(7)8(10)12-13/h2-3,13H,1H3. The van der Waals surface area contributed by atoms with Crippen molar-refractivity contribution in [3.05, 3.63) is 28.5 Å². The van der Waals surface area contributed by atoms with Gasteiger partial charge >= 0.3 is 0 Å². The molecule has 1 N–H and O–H groups in total. The van der Waals surface area contributed by atoms with Gasteiger partial charge in [0.05, 0.1) is 17.7 Å². The van der Waals surface area contributed by atoms with Crippen molar-refractivity contribution in [2.24, 2.45) is 5.16 Å². The fourth-order valence-corrected chi connectivity index (χ4v) is 1.21. The van der Waals surface area contributed by atoms with Gasteiger partial charge in [-0.25, -0.2) is 4.39 Å². The second-order valence-corrected chi connectivity index (χ2v) is 3.12. The molecule has 0 aliphatic heterocycles. The van der Waals surface area contributed by atoms with Gasteiger partial charge in [-0.15, -0.1) is 0 Å². The highest BCUT2D eigenvalue weighted by Gasteiger charge is 2.13. The fraction of sp³-hybridized carbons (Fsp3) is 0.125. The van der Waals surface area contributed by atoms with E-state index in [9.17, 15) is 4.39 Å². The van der Waals surface area contributed by atoms with E-state index < -0.39 is 5.82 Å². The van der Waals surface area contributed by atoms with Crippen LogP contribution in [0.2, 0.25) is 5.02 Å². The second kappa shape index (κ2) is 4.48. The minimum Gasteiger partial charge on any atom is -0.496 e. The predicted octanol–water partition coefficient (Wildman–Crippen LogP) is 2.86. The average molecular weight is 238 g/mol. The summed E-state index contributed by atoms with van der Waals surface area (Å²) in [4.78, 5) is 0. The Labute approximate surface area is 89.7 Å². The highest BCUT2D eigenvalue weighted by atomic mass is 35.5. The van der Waals surface area contributed by atoms with Crippen molar-refractivity contribution in [1.29, 1.82) is 0 Å². The summed E-state index contributed by atoms with van der Waals surface area (Å²) in [6.07, 6.45) is 0. The number of benzene rings is 1. The molecular formula is C8H6Cl2FNO2. The zero-order chi connectivity index (χ0) is 10.7. The van der Waals surface area contributed by atoms with Gasteiger partial charge in [0.2, 0.25) is 0 Å². The Kier molecular flexibility index (Phi) is 3.55. The lowest BCUT2D eigenvalue weighted by Crippen LogP contribution is -1.98. The molecule has 1 aromatic carbocycles. The summed E-state index contributed by atoms with van der Waals surface area (Å²) in [7, 11) is 1.37. The van der Waals surface area contributed by atoms with Crippen molar-refractivity contribution in [2.75, 3.05) is 7.11 Å². The second-order valence-electron chi connectivity index (χ2n) is 2.36. The maximum atomic E-state index is 13.0. The summed E-state index contributed by atoms with van der Waals surface area (Å²) < 4.78 is 17.9. The molecule has 76 valence electrons. The SMILES string of the molecule is COc1cc(Cl)c(F)cc1C(Cl)=NO. The van der Waals surface area contributed by atoms with Gasteiger partial charge in [-0.05, 0) is 6.07 Å². The van der Waals surface area contributed by atoms with Crippen LogP contribution in [0.15, 0.2) is 17.3 Å². The molecule has 0 unspecified atom stereocenters. The first-order chi connectivity index (χ1) is 6.60. The molecule has 0 saturated carbocycles. The molecule has 0 amide bonds. The van der Waals surface area contributed by atoms with Crippen LogP contribution in [-0.4, -0.2) is 17.5 Å². The van der Waals surface area contributed by atoms with Crippen LogP contribution in [0.25, 0.3) is 0 Å².